The quantitative estimate of drug-likeness (QED) is 0.279. The predicted molar refractivity (Wildman–Crippen MR) is 96.3 cm³/mol. The van der Waals surface area contributed by atoms with Crippen LogP contribution in [-0.4, -0.2) is 112 Å². The summed E-state index contributed by atoms with van der Waals surface area (Å²) in [5.74, 6) is -1.91. The molecule has 164 valence electrons. The van der Waals surface area contributed by atoms with Crippen LogP contribution in [0.15, 0.2) is 0 Å². The Morgan fingerprint density at radius 3 is 2.43 bits per heavy atom. The Morgan fingerprint density at radius 2 is 1.79 bits per heavy atom. The van der Waals surface area contributed by atoms with E-state index in [0.29, 0.717) is 32.5 Å². The first-order valence-corrected chi connectivity index (χ1v) is 9.38. The first kappa shape index (κ1) is 24.7. The molecule has 0 unspecified atom stereocenters. The van der Waals surface area contributed by atoms with Crippen LogP contribution >= 0.6 is 0 Å². The van der Waals surface area contributed by atoms with Crippen LogP contribution in [0.25, 0.3) is 0 Å². The van der Waals surface area contributed by atoms with Crippen molar-refractivity contribution in [2.24, 2.45) is 5.73 Å². The Bertz CT molecular complexity index is 480. The number of aliphatic hydroxyl groups is 4. The molecule has 0 aromatic heterocycles. The lowest BCUT2D eigenvalue weighted by Crippen LogP contribution is -2.52. The van der Waals surface area contributed by atoms with Crippen molar-refractivity contribution in [1.29, 1.82) is 0 Å². The van der Waals surface area contributed by atoms with Gasteiger partial charge >= 0.3 is 5.97 Å². The number of hydrogen-bond acceptors (Lipinski definition) is 9. The SMILES string of the molecule is N[C@@H](CC(=O)N1CCCOCCCCO[C@H]([C@H](O)CO)[C@H](O)[C@H](O)C1)C(=O)O. The number of β-amino-alcohol motifs (C(OH)–C–C–N with tert-alkyl or cyclic N) is 1. The summed E-state index contributed by atoms with van der Waals surface area (Å²) in [6.07, 6.45) is -4.44. The maximum Gasteiger partial charge on any atom is 0.321 e. The van der Waals surface area contributed by atoms with Gasteiger partial charge in [-0.1, -0.05) is 0 Å². The molecule has 11 heteroatoms. The van der Waals surface area contributed by atoms with Crippen molar-refractivity contribution in [3.8, 4) is 0 Å². The highest BCUT2D eigenvalue weighted by atomic mass is 16.5. The number of rotatable bonds is 5. The van der Waals surface area contributed by atoms with E-state index in [2.05, 4.69) is 0 Å². The summed E-state index contributed by atoms with van der Waals surface area (Å²) in [4.78, 5) is 24.5. The van der Waals surface area contributed by atoms with Gasteiger partial charge in [-0.15, -0.1) is 0 Å². The minimum atomic E-state index is -1.57. The Labute approximate surface area is 163 Å². The maximum absolute atomic E-state index is 12.4. The Morgan fingerprint density at radius 1 is 1.14 bits per heavy atom. The molecule has 0 saturated carbocycles. The van der Waals surface area contributed by atoms with Crippen LogP contribution in [-0.2, 0) is 19.1 Å². The summed E-state index contributed by atoms with van der Waals surface area (Å²) in [5, 5.41) is 48.7. The lowest BCUT2D eigenvalue weighted by atomic mass is 10.0. The van der Waals surface area contributed by atoms with Gasteiger partial charge < -0.3 is 45.6 Å². The van der Waals surface area contributed by atoms with Crippen molar-refractivity contribution >= 4 is 11.9 Å². The predicted octanol–water partition coefficient (Wildman–Crippen LogP) is -2.72. The van der Waals surface area contributed by atoms with Gasteiger partial charge in [0, 0.05) is 32.9 Å². The van der Waals surface area contributed by atoms with Gasteiger partial charge in [-0.05, 0) is 19.3 Å². The van der Waals surface area contributed by atoms with Gasteiger partial charge in [0.05, 0.1) is 13.0 Å². The van der Waals surface area contributed by atoms with Crippen molar-refractivity contribution in [2.45, 2.75) is 56.1 Å². The van der Waals surface area contributed by atoms with Crippen LogP contribution in [0.4, 0.5) is 0 Å². The molecule has 1 fully saturated rings. The van der Waals surface area contributed by atoms with E-state index in [4.69, 9.17) is 20.3 Å². The van der Waals surface area contributed by atoms with Gasteiger partial charge in [-0.3, -0.25) is 9.59 Å². The molecule has 1 saturated heterocycles. The third-order valence-corrected chi connectivity index (χ3v) is 4.48. The Hall–Kier alpha value is -1.34. The number of carbonyl (C=O) groups excluding carboxylic acids is 1. The number of hydrogen-bond donors (Lipinski definition) is 6. The molecule has 1 rings (SSSR count). The second-order valence-electron chi connectivity index (χ2n) is 6.80. The van der Waals surface area contributed by atoms with Crippen LogP contribution in [0.5, 0.6) is 0 Å². The first-order chi connectivity index (χ1) is 13.3. The van der Waals surface area contributed by atoms with Crippen molar-refractivity contribution in [3.05, 3.63) is 0 Å². The fourth-order valence-electron chi connectivity index (χ4n) is 2.80. The van der Waals surface area contributed by atoms with Gasteiger partial charge in [0.25, 0.3) is 0 Å². The number of amides is 1. The van der Waals surface area contributed by atoms with E-state index in [-0.39, 0.29) is 19.7 Å². The highest BCUT2D eigenvalue weighted by Crippen LogP contribution is 2.13. The summed E-state index contributed by atoms with van der Waals surface area (Å²) < 4.78 is 10.9. The second kappa shape index (κ2) is 13.0. The van der Waals surface area contributed by atoms with Crippen molar-refractivity contribution in [3.63, 3.8) is 0 Å². The second-order valence-corrected chi connectivity index (χ2v) is 6.80. The molecule has 0 aliphatic carbocycles. The Kier molecular flexibility index (Phi) is 11.5. The Balaban J connectivity index is 2.89. The molecule has 7 N–H and O–H groups in total. The van der Waals surface area contributed by atoms with E-state index in [1.807, 2.05) is 0 Å². The molecule has 0 aromatic carbocycles. The van der Waals surface area contributed by atoms with Crippen LogP contribution in [0.1, 0.15) is 25.7 Å². The molecule has 28 heavy (non-hydrogen) atoms. The van der Waals surface area contributed by atoms with Gasteiger partial charge in [-0.2, -0.15) is 0 Å². The minimum Gasteiger partial charge on any atom is -0.480 e. The summed E-state index contributed by atoms with van der Waals surface area (Å²) in [5.41, 5.74) is 5.41. The molecular weight excluding hydrogens is 376 g/mol. The molecule has 5 atom stereocenters. The van der Waals surface area contributed by atoms with Crippen LogP contribution in [0.2, 0.25) is 0 Å². The number of nitrogens with zero attached hydrogens (tertiary/aromatic N) is 1. The highest BCUT2D eigenvalue weighted by molar-refractivity contribution is 5.84. The molecular formula is C17H32N2O9. The summed E-state index contributed by atoms with van der Waals surface area (Å²) in [7, 11) is 0. The number of aliphatic hydroxyl groups excluding tert-OH is 4. The van der Waals surface area contributed by atoms with Crippen molar-refractivity contribution in [1.82, 2.24) is 4.90 Å². The molecule has 1 heterocycles. The topological polar surface area (TPSA) is 183 Å². The zero-order chi connectivity index (χ0) is 21.1. The smallest absolute Gasteiger partial charge is 0.321 e. The minimum absolute atomic E-state index is 0.170. The number of carbonyl (C=O) groups is 2. The molecule has 0 radical (unpaired) electrons. The number of ether oxygens (including phenoxy) is 2. The number of nitrogens with two attached hydrogens (primary N) is 1. The fraction of sp³-hybridized carbons (Fsp3) is 0.882. The normalized spacial score (nSPS) is 28.2. The van der Waals surface area contributed by atoms with E-state index in [1.165, 1.54) is 4.90 Å². The average molecular weight is 408 g/mol. The van der Waals surface area contributed by atoms with Gasteiger partial charge in [-0.25, -0.2) is 0 Å². The molecule has 0 aromatic rings. The standard InChI is InChI=1S/C17H32N2O9/c18-11(17(25)26)8-14(23)19-4-3-6-27-5-1-2-7-28-16(13(22)10-20)15(24)12(21)9-19/h11-13,15-16,20-22,24H,1-10,18H2,(H,25,26)/t11-,12+,13+,15+,16+/m0/s1. The lowest BCUT2D eigenvalue weighted by molar-refractivity contribution is -0.153. The number of carboxylic acid groups (broad SMARTS) is 1. The van der Waals surface area contributed by atoms with Crippen LogP contribution in [0.3, 0.4) is 0 Å². The maximum atomic E-state index is 12.4. The third-order valence-electron chi connectivity index (χ3n) is 4.48. The van der Waals surface area contributed by atoms with Crippen molar-refractivity contribution < 1.29 is 44.6 Å². The molecule has 0 spiro atoms. The molecule has 11 nitrogen and oxygen atoms in total. The summed E-state index contributed by atoms with van der Waals surface area (Å²) >= 11 is 0. The summed E-state index contributed by atoms with van der Waals surface area (Å²) in [6.45, 7) is 0.214. The van der Waals surface area contributed by atoms with Crippen LogP contribution < -0.4 is 5.73 Å². The largest absolute Gasteiger partial charge is 0.480 e. The molecule has 1 aliphatic heterocycles. The molecule has 1 amide bonds. The highest BCUT2D eigenvalue weighted by Gasteiger charge is 2.34. The molecule has 1 aliphatic rings. The van der Waals surface area contributed by atoms with Gasteiger partial charge in [0.1, 0.15) is 30.5 Å². The number of aliphatic carboxylic acids is 1. The lowest BCUT2D eigenvalue weighted by Gasteiger charge is -2.33. The average Bonchev–Trinajstić information content (AvgIpc) is 2.66. The zero-order valence-electron chi connectivity index (χ0n) is 15.9. The van der Waals surface area contributed by atoms with E-state index < -0.39 is 55.4 Å². The number of carboxylic acids is 1. The van der Waals surface area contributed by atoms with Crippen molar-refractivity contribution in [2.75, 3.05) is 39.5 Å². The summed E-state index contributed by atoms with van der Waals surface area (Å²) in [6, 6.07) is -1.38. The van der Waals surface area contributed by atoms with Crippen LogP contribution in [0, 0.1) is 0 Å². The first-order valence-electron chi connectivity index (χ1n) is 9.38. The zero-order valence-corrected chi connectivity index (χ0v) is 15.9. The van der Waals surface area contributed by atoms with Gasteiger partial charge in [0.2, 0.25) is 5.91 Å². The third kappa shape index (κ3) is 8.35. The van der Waals surface area contributed by atoms with E-state index in [9.17, 15) is 30.0 Å². The van der Waals surface area contributed by atoms with E-state index in [1.54, 1.807) is 0 Å². The van der Waals surface area contributed by atoms with E-state index in [0.717, 1.165) is 0 Å². The van der Waals surface area contributed by atoms with Gasteiger partial charge in [0.15, 0.2) is 0 Å². The fourth-order valence-corrected chi connectivity index (χ4v) is 2.80. The molecule has 0 bridgehead atoms. The monoisotopic (exact) mass is 408 g/mol. The van der Waals surface area contributed by atoms with E-state index >= 15 is 0 Å².